The number of rotatable bonds is 5. The molecule has 1 aliphatic rings. The minimum atomic E-state index is -0.233. The summed E-state index contributed by atoms with van der Waals surface area (Å²) in [5, 5.41) is 0.874. The van der Waals surface area contributed by atoms with Gasteiger partial charge in [0.1, 0.15) is 12.4 Å². The molecule has 0 spiro atoms. The lowest BCUT2D eigenvalue weighted by atomic mass is 10.2. The third-order valence-corrected chi connectivity index (χ3v) is 4.25. The topological polar surface area (TPSA) is 48.0 Å². The van der Waals surface area contributed by atoms with Crippen LogP contribution in [0.4, 0.5) is 0 Å². The summed E-state index contributed by atoms with van der Waals surface area (Å²) in [7, 11) is 1.69. The number of para-hydroxylation sites is 2. The van der Waals surface area contributed by atoms with Crippen LogP contribution in [-0.2, 0) is 4.79 Å². The molecule has 0 bridgehead atoms. The summed E-state index contributed by atoms with van der Waals surface area (Å²) >= 11 is 11.9. The molecule has 132 valence electrons. The van der Waals surface area contributed by atoms with Gasteiger partial charge < -0.3 is 19.1 Å². The van der Waals surface area contributed by atoms with Crippen molar-refractivity contribution in [1.82, 2.24) is 4.90 Å². The van der Waals surface area contributed by atoms with Gasteiger partial charge in [0.15, 0.2) is 24.2 Å². The van der Waals surface area contributed by atoms with Crippen LogP contribution in [0.25, 0.3) is 0 Å². The zero-order valence-corrected chi connectivity index (χ0v) is 15.1. The molecule has 25 heavy (non-hydrogen) atoms. The number of hydrogen-bond acceptors (Lipinski definition) is 4. The third kappa shape index (κ3) is 4.50. The van der Waals surface area contributed by atoms with Crippen LogP contribution in [0.3, 0.4) is 0 Å². The van der Waals surface area contributed by atoms with Crippen molar-refractivity contribution in [2.75, 3.05) is 26.8 Å². The van der Waals surface area contributed by atoms with E-state index in [0.29, 0.717) is 40.4 Å². The molecular formula is C18H17Cl2NO4. The van der Waals surface area contributed by atoms with Gasteiger partial charge in [0.2, 0.25) is 0 Å². The molecule has 7 heteroatoms. The van der Waals surface area contributed by atoms with Gasteiger partial charge in [-0.1, -0.05) is 35.3 Å². The minimum absolute atomic E-state index is 0.123. The predicted molar refractivity (Wildman–Crippen MR) is 95.9 cm³/mol. The van der Waals surface area contributed by atoms with Crippen molar-refractivity contribution >= 4 is 29.1 Å². The van der Waals surface area contributed by atoms with E-state index in [1.807, 2.05) is 24.3 Å². The van der Waals surface area contributed by atoms with Gasteiger partial charge in [-0.15, -0.1) is 0 Å². The Morgan fingerprint density at radius 2 is 2.00 bits per heavy atom. The van der Waals surface area contributed by atoms with Gasteiger partial charge in [0.25, 0.3) is 5.91 Å². The van der Waals surface area contributed by atoms with E-state index in [1.165, 1.54) is 0 Å². The van der Waals surface area contributed by atoms with Gasteiger partial charge in [-0.3, -0.25) is 4.79 Å². The van der Waals surface area contributed by atoms with E-state index in [4.69, 9.17) is 37.4 Å². The Bertz CT molecular complexity index is 768. The third-order valence-electron chi connectivity index (χ3n) is 3.72. The first-order valence-electron chi connectivity index (χ1n) is 7.73. The normalized spacial score (nSPS) is 15.6. The fraction of sp³-hybridized carbons (Fsp3) is 0.278. The first-order chi connectivity index (χ1) is 12.0. The number of hydrogen-bond donors (Lipinski definition) is 0. The molecule has 2 aromatic carbocycles. The van der Waals surface area contributed by atoms with Crippen molar-refractivity contribution in [3.63, 3.8) is 0 Å². The molecule has 0 unspecified atom stereocenters. The Hall–Kier alpha value is -2.11. The van der Waals surface area contributed by atoms with Crippen molar-refractivity contribution in [3.05, 3.63) is 52.5 Å². The standard InChI is InChI=1S/C18H17Cl2NO4/c1-21(9-13-10-23-16-4-2-3-5-17(16)25-13)18(22)11-24-15-7-6-12(19)8-14(15)20/h2-8,13H,9-11H2,1H3/t13-/m1/s1. The minimum Gasteiger partial charge on any atom is -0.486 e. The van der Waals surface area contributed by atoms with E-state index < -0.39 is 0 Å². The van der Waals surface area contributed by atoms with Crippen LogP contribution in [-0.4, -0.2) is 43.7 Å². The van der Waals surface area contributed by atoms with Crippen molar-refractivity contribution in [2.24, 2.45) is 0 Å². The zero-order chi connectivity index (χ0) is 17.8. The fourth-order valence-electron chi connectivity index (χ4n) is 2.40. The van der Waals surface area contributed by atoms with E-state index >= 15 is 0 Å². The van der Waals surface area contributed by atoms with Crippen LogP contribution in [0.5, 0.6) is 17.2 Å². The molecule has 0 N–H and O–H groups in total. The molecule has 0 radical (unpaired) electrons. The number of ether oxygens (including phenoxy) is 3. The first kappa shape index (κ1) is 17.7. The molecule has 0 aliphatic carbocycles. The fourth-order valence-corrected chi connectivity index (χ4v) is 2.87. The van der Waals surface area contributed by atoms with Gasteiger partial charge in [-0.25, -0.2) is 0 Å². The van der Waals surface area contributed by atoms with Gasteiger partial charge in [-0.2, -0.15) is 0 Å². The summed E-state index contributed by atoms with van der Waals surface area (Å²) < 4.78 is 17.0. The second kappa shape index (κ2) is 7.85. The Morgan fingerprint density at radius 3 is 2.76 bits per heavy atom. The first-order valence-corrected chi connectivity index (χ1v) is 8.49. The molecule has 0 fully saturated rings. The molecule has 5 nitrogen and oxygen atoms in total. The van der Waals surface area contributed by atoms with Crippen molar-refractivity contribution in [3.8, 4) is 17.2 Å². The van der Waals surface area contributed by atoms with Crippen LogP contribution < -0.4 is 14.2 Å². The number of amides is 1. The maximum Gasteiger partial charge on any atom is 0.260 e. The lowest BCUT2D eigenvalue weighted by molar-refractivity contribution is -0.133. The summed E-state index contributed by atoms with van der Waals surface area (Å²) in [6.07, 6.45) is -0.233. The molecule has 1 aliphatic heterocycles. The van der Waals surface area contributed by atoms with Gasteiger partial charge in [-0.05, 0) is 30.3 Å². The number of nitrogens with zero attached hydrogens (tertiary/aromatic N) is 1. The van der Waals surface area contributed by atoms with Gasteiger partial charge in [0, 0.05) is 12.1 Å². The Labute approximate surface area is 156 Å². The average Bonchev–Trinajstić information content (AvgIpc) is 2.60. The highest BCUT2D eigenvalue weighted by molar-refractivity contribution is 6.35. The molecule has 0 saturated carbocycles. The predicted octanol–water partition coefficient (Wildman–Crippen LogP) is 3.67. The second-order valence-electron chi connectivity index (χ2n) is 5.64. The number of fused-ring (bicyclic) bond motifs is 1. The van der Waals surface area contributed by atoms with Crippen LogP contribution in [0, 0.1) is 0 Å². The monoisotopic (exact) mass is 381 g/mol. The number of carbonyl (C=O) groups is 1. The summed E-state index contributed by atoms with van der Waals surface area (Å²) in [6.45, 7) is 0.658. The van der Waals surface area contributed by atoms with Crippen LogP contribution in [0.15, 0.2) is 42.5 Å². The van der Waals surface area contributed by atoms with Crippen LogP contribution in [0.1, 0.15) is 0 Å². The molecule has 1 heterocycles. The van der Waals surface area contributed by atoms with Crippen LogP contribution in [0.2, 0.25) is 10.0 Å². The largest absolute Gasteiger partial charge is 0.486 e. The number of halogens is 2. The summed E-state index contributed by atoms with van der Waals surface area (Å²) in [6, 6.07) is 12.3. The smallest absolute Gasteiger partial charge is 0.260 e. The van der Waals surface area contributed by atoms with E-state index in [-0.39, 0.29) is 18.6 Å². The molecular weight excluding hydrogens is 365 g/mol. The molecule has 2 aromatic rings. The average molecular weight is 382 g/mol. The maximum absolute atomic E-state index is 12.2. The number of carbonyl (C=O) groups excluding carboxylic acids is 1. The lowest BCUT2D eigenvalue weighted by Crippen LogP contribution is -2.43. The molecule has 0 aromatic heterocycles. The van der Waals surface area contributed by atoms with Crippen molar-refractivity contribution in [1.29, 1.82) is 0 Å². The lowest BCUT2D eigenvalue weighted by Gasteiger charge is -2.29. The molecule has 3 rings (SSSR count). The highest BCUT2D eigenvalue weighted by Gasteiger charge is 2.23. The number of likely N-dealkylation sites (N-methyl/N-ethyl adjacent to an activating group) is 1. The SMILES string of the molecule is CN(C[C@@H]1COc2ccccc2O1)C(=O)COc1ccc(Cl)cc1Cl. The second-order valence-corrected chi connectivity index (χ2v) is 6.48. The Morgan fingerprint density at radius 1 is 1.24 bits per heavy atom. The Balaban J connectivity index is 1.51. The van der Waals surface area contributed by atoms with Crippen molar-refractivity contribution < 1.29 is 19.0 Å². The van der Waals surface area contributed by atoms with E-state index in [2.05, 4.69) is 0 Å². The molecule has 1 amide bonds. The van der Waals surface area contributed by atoms with Gasteiger partial charge >= 0.3 is 0 Å². The van der Waals surface area contributed by atoms with E-state index in [1.54, 1.807) is 30.1 Å². The van der Waals surface area contributed by atoms with E-state index in [9.17, 15) is 4.79 Å². The quantitative estimate of drug-likeness (QED) is 0.792. The maximum atomic E-state index is 12.2. The van der Waals surface area contributed by atoms with Gasteiger partial charge in [0.05, 0.1) is 11.6 Å². The zero-order valence-electron chi connectivity index (χ0n) is 13.6. The molecule has 0 saturated heterocycles. The summed E-state index contributed by atoms with van der Waals surface area (Å²) in [5.41, 5.74) is 0. The highest BCUT2D eigenvalue weighted by Crippen LogP contribution is 2.31. The van der Waals surface area contributed by atoms with Crippen molar-refractivity contribution in [2.45, 2.75) is 6.10 Å². The Kier molecular flexibility index (Phi) is 5.56. The van der Waals surface area contributed by atoms with Crippen LogP contribution >= 0.6 is 23.2 Å². The van der Waals surface area contributed by atoms with E-state index in [0.717, 1.165) is 0 Å². The number of benzene rings is 2. The summed E-state index contributed by atoms with van der Waals surface area (Å²) in [5.74, 6) is 1.63. The molecule has 1 atom stereocenters. The highest BCUT2D eigenvalue weighted by atomic mass is 35.5. The summed E-state index contributed by atoms with van der Waals surface area (Å²) in [4.78, 5) is 13.8.